The highest BCUT2D eigenvalue weighted by atomic mass is 35.5. The predicted octanol–water partition coefficient (Wildman–Crippen LogP) is 4.88. The van der Waals surface area contributed by atoms with Gasteiger partial charge in [0, 0.05) is 17.6 Å². The van der Waals surface area contributed by atoms with Crippen LogP contribution < -0.4 is 14.4 Å². The summed E-state index contributed by atoms with van der Waals surface area (Å²) in [6.07, 6.45) is 0.732. The molecule has 2 atom stereocenters. The summed E-state index contributed by atoms with van der Waals surface area (Å²) in [7, 11) is -2.69. The van der Waals surface area contributed by atoms with Crippen LogP contribution >= 0.6 is 11.6 Å². The molecule has 0 aliphatic rings. The first kappa shape index (κ1) is 30.0. The Morgan fingerprint density at radius 2 is 1.56 bits per heavy atom. The Hall–Kier alpha value is -3.56. The molecule has 10 heteroatoms. The lowest BCUT2D eigenvalue weighted by molar-refractivity contribution is -0.139. The van der Waals surface area contributed by atoms with Gasteiger partial charge in [-0.15, -0.1) is 0 Å². The monoisotopic (exact) mass is 571 g/mol. The highest BCUT2D eigenvalue weighted by Gasteiger charge is 2.32. The molecule has 39 heavy (non-hydrogen) atoms. The van der Waals surface area contributed by atoms with Gasteiger partial charge in [-0.1, -0.05) is 48.9 Å². The van der Waals surface area contributed by atoms with E-state index in [-0.39, 0.29) is 29.1 Å². The molecule has 0 aliphatic heterocycles. The Bertz CT molecular complexity index is 1350. The van der Waals surface area contributed by atoms with Gasteiger partial charge in [-0.05, 0) is 74.4 Å². The fourth-order valence-corrected chi connectivity index (χ4v) is 5.38. The summed E-state index contributed by atoms with van der Waals surface area (Å²) in [6.45, 7) is 5.09. The van der Waals surface area contributed by atoms with Crippen LogP contribution in [0.4, 0.5) is 5.69 Å². The normalized spacial score (nSPS) is 12.7. The molecular weight excluding hydrogens is 538 g/mol. The van der Waals surface area contributed by atoms with Crippen LogP contribution in [0.3, 0.4) is 0 Å². The fourth-order valence-electron chi connectivity index (χ4n) is 3.84. The number of hydrogen-bond acceptors (Lipinski definition) is 5. The number of anilines is 1. The van der Waals surface area contributed by atoms with Crippen molar-refractivity contribution in [3.05, 3.63) is 89.4 Å². The topological polar surface area (TPSA) is 96.0 Å². The standard InChI is InChI=1S/C29H34ClN3O5S/c1-5-21(2)31-29(35)22(3)32(19-23-9-7-6-8-10-23)28(34)20-33(25-13-11-24(30)12-14-25)39(36,37)27-17-15-26(38-4)16-18-27/h6-18,21-22H,5,19-20H2,1-4H3,(H,31,35)/t21-,22-/m1/s1. The van der Waals surface area contributed by atoms with Gasteiger partial charge in [0.05, 0.1) is 17.7 Å². The molecule has 0 unspecified atom stereocenters. The zero-order chi connectivity index (χ0) is 28.6. The van der Waals surface area contributed by atoms with Crippen molar-refractivity contribution in [2.75, 3.05) is 18.0 Å². The number of ether oxygens (including phenoxy) is 1. The van der Waals surface area contributed by atoms with Gasteiger partial charge in [0.1, 0.15) is 18.3 Å². The van der Waals surface area contributed by atoms with E-state index in [0.29, 0.717) is 10.8 Å². The molecule has 3 rings (SSSR count). The van der Waals surface area contributed by atoms with Crippen molar-refractivity contribution < 1.29 is 22.7 Å². The number of nitrogens with zero attached hydrogens (tertiary/aromatic N) is 2. The minimum absolute atomic E-state index is 0.0109. The van der Waals surface area contributed by atoms with E-state index in [1.54, 1.807) is 19.1 Å². The Labute approximate surface area is 235 Å². The highest BCUT2D eigenvalue weighted by molar-refractivity contribution is 7.92. The van der Waals surface area contributed by atoms with Gasteiger partial charge >= 0.3 is 0 Å². The van der Waals surface area contributed by atoms with Gasteiger partial charge in [-0.2, -0.15) is 0 Å². The number of amides is 2. The van der Waals surface area contributed by atoms with Crippen LogP contribution in [0.2, 0.25) is 5.02 Å². The largest absolute Gasteiger partial charge is 0.497 e. The number of halogens is 1. The van der Waals surface area contributed by atoms with Gasteiger partial charge in [0.2, 0.25) is 11.8 Å². The van der Waals surface area contributed by atoms with E-state index >= 15 is 0 Å². The molecule has 0 heterocycles. The first-order valence-corrected chi connectivity index (χ1v) is 14.4. The summed E-state index contributed by atoms with van der Waals surface area (Å²) >= 11 is 6.06. The van der Waals surface area contributed by atoms with Gasteiger partial charge in [-0.25, -0.2) is 8.42 Å². The Morgan fingerprint density at radius 1 is 0.949 bits per heavy atom. The summed E-state index contributed by atoms with van der Waals surface area (Å²) in [5.41, 5.74) is 1.07. The molecule has 0 saturated carbocycles. The van der Waals surface area contributed by atoms with Crippen molar-refractivity contribution in [2.24, 2.45) is 0 Å². The smallest absolute Gasteiger partial charge is 0.264 e. The Kier molecular flexibility index (Phi) is 10.4. The summed E-state index contributed by atoms with van der Waals surface area (Å²) in [6, 6.07) is 20.4. The molecule has 3 aromatic rings. The maximum atomic E-state index is 13.9. The van der Waals surface area contributed by atoms with Crippen LogP contribution in [0, 0.1) is 0 Å². The maximum Gasteiger partial charge on any atom is 0.264 e. The highest BCUT2D eigenvalue weighted by Crippen LogP contribution is 2.27. The van der Waals surface area contributed by atoms with Gasteiger partial charge in [0.25, 0.3) is 10.0 Å². The number of methoxy groups -OCH3 is 1. The number of rotatable bonds is 12. The van der Waals surface area contributed by atoms with Gasteiger partial charge in [-0.3, -0.25) is 13.9 Å². The number of nitrogens with one attached hydrogen (secondary N) is 1. The van der Waals surface area contributed by atoms with Crippen molar-refractivity contribution in [1.29, 1.82) is 0 Å². The van der Waals surface area contributed by atoms with Gasteiger partial charge < -0.3 is 15.0 Å². The number of sulfonamides is 1. The minimum Gasteiger partial charge on any atom is -0.497 e. The average molecular weight is 572 g/mol. The first-order chi connectivity index (χ1) is 18.6. The van der Waals surface area contributed by atoms with Crippen LogP contribution in [0.25, 0.3) is 0 Å². The molecule has 0 radical (unpaired) electrons. The van der Waals surface area contributed by atoms with Crippen molar-refractivity contribution in [2.45, 2.75) is 50.7 Å². The Morgan fingerprint density at radius 3 is 2.13 bits per heavy atom. The molecule has 1 N–H and O–H groups in total. The first-order valence-electron chi connectivity index (χ1n) is 12.6. The quantitative estimate of drug-likeness (QED) is 0.334. The third-order valence-corrected chi connectivity index (χ3v) is 8.45. The van der Waals surface area contributed by atoms with Crippen LogP contribution in [-0.2, 0) is 26.2 Å². The predicted molar refractivity (Wildman–Crippen MR) is 153 cm³/mol. The molecule has 0 aliphatic carbocycles. The lowest BCUT2D eigenvalue weighted by Gasteiger charge is -2.32. The molecule has 0 fully saturated rings. The van der Waals surface area contributed by atoms with Crippen LogP contribution in [-0.4, -0.2) is 50.9 Å². The maximum absolute atomic E-state index is 13.9. The third-order valence-electron chi connectivity index (χ3n) is 6.40. The molecule has 0 bridgehead atoms. The molecule has 3 aromatic carbocycles. The number of hydrogen-bond donors (Lipinski definition) is 1. The third kappa shape index (κ3) is 7.74. The zero-order valence-corrected chi connectivity index (χ0v) is 24.1. The number of carbonyl (C=O) groups excluding carboxylic acids is 2. The zero-order valence-electron chi connectivity index (χ0n) is 22.5. The van der Waals surface area contributed by atoms with E-state index in [9.17, 15) is 18.0 Å². The summed E-state index contributed by atoms with van der Waals surface area (Å²) in [4.78, 5) is 28.3. The number of benzene rings is 3. The van der Waals surface area contributed by atoms with Crippen molar-refractivity contribution in [3.63, 3.8) is 0 Å². The summed E-state index contributed by atoms with van der Waals surface area (Å²) in [5.74, 6) is -0.347. The molecule has 0 spiro atoms. The van der Waals surface area contributed by atoms with E-state index in [0.717, 1.165) is 16.3 Å². The molecular formula is C29H34ClN3O5S. The molecule has 2 amide bonds. The van der Waals surface area contributed by atoms with E-state index < -0.39 is 28.5 Å². The van der Waals surface area contributed by atoms with Crippen molar-refractivity contribution in [3.8, 4) is 5.75 Å². The SMILES string of the molecule is CC[C@@H](C)NC(=O)[C@@H](C)N(Cc1ccccc1)C(=O)CN(c1ccc(Cl)cc1)S(=O)(=O)c1ccc(OC)cc1. The van der Waals surface area contributed by atoms with E-state index in [4.69, 9.17) is 16.3 Å². The lowest BCUT2D eigenvalue weighted by atomic mass is 10.1. The van der Waals surface area contributed by atoms with Crippen LogP contribution in [0.5, 0.6) is 5.75 Å². The van der Waals surface area contributed by atoms with E-state index in [1.807, 2.05) is 44.2 Å². The lowest BCUT2D eigenvalue weighted by Crippen LogP contribution is -2.52. The fraction of sp³-hybridized carbons (Fsp3) is 0.310. The second kappa shape index (κ2) is 13.5. The second-order valence-electron chi connectivity index (χ2n) is 9.16. The van der Waals surface area contributed by atoms with E-state index in [2.05, 4.69) is 5.32 Å². The van der Waals surface area contributed by atoms with Crippen molar-refractivity contribution >= 4 is 39.1 Å². The van der Waals surface area contributed by atoms with Crippen LogP contribution in [0.15, 0.2) is 83.8 Å². The summed E-state index contributed by atoms with van der Waals surface area (Å²) < 4.78 is 33.8. The number of carbonyl (C=O) groups is 2. The summed E-state index contributed by atoms with van der Waals surface area (Å²) in [5, 5.41) is 3.34. The second-order valence-corrected chi connectivity index (χ2v) is 11.5. The van der Waals surface area contributed by atoms with Crippen molar-refractivity contribution in [1.82, 2.24) is 10.2 Å². The molecule has 0 aromatic heterocycles. The van der Waals surface area contributed by atoms with Crippen LogP contribution in [0.1, 0.15) is 32.8 Å². The Balaban J connectivity index is 2.00. The molecule has 208 valence electrons. The molecule has 0 saturated heterocycles. The minimum atomic E-state index is -4.18. The average Bonchev–Trinajstić information content (AvgIpc) is 2.95. The molecule has 8 nitrogen and oxygen atoms in total. The van der Waals surface area contributed by atoms with E-state index in [1.165, 1.54) is 48.4 Å². The van der Waals surface area contributed by atoms with Gasteiger partial charge in [0.15, 0.2) is 0 Å².